The van der Waals surface area contributed by atoms with E-state index < -0.39 is 5.92 Å². The molecule has 2 aromatic carbocycles. The summed E-state index contributed by atoms with van der Waals surface area (Å²) in [4.78, 5) is 35.4. The van der Waals surface area contributed by atoms with Crippen molar-refractivity contribution in [1.29, 1.82) is 0 Å². The van der Waals surface area contributed by atoms with Crippen LogP contribution >= 0.6 is 0 Å². The number of amides is 2. The Morgan fingerprint density at radius 1 is 0.971 bits per heavy atom. The first-order valence-electron chi connectivity index (χ1n) is 11.6. The van der Waals surface area contributed by atoms with E-state index in [-0.39, 0.29) is 11.8 Å². The van der Waals surface area contributed by atoms with E-state index in [1.807, 2.05) is 48.5 Å². The molecule has 8 nitrogen and oxygen atoms in total. The first-order valence-corrected chi connectivity index (χ1v) is 11.6. The van der Waals surface area contributed by atoms with E-state index in [4.69, 9.17) is 4.74 Å². The Morgan fingerprint density at radius 3 is 2.68 bits per heavy atom. The number of pyridine rings is 1. The number of carbonyl (C=O) groups excluding carboxylic acids is 2. The van der Waals surface area contributed by atoms with Crippen molar-refractivity contribution in [1.82, 2.24) is 4.98 Å². The van der Waals surface area contributed by atoms with Gasteiger partial charge < -0.3 is 25.2 Å². The minimum Gasteiger partial charge on any atom is -0.378 e. The van der Waals surface area contributed by atoms with E-state index >= 15 is 0 Å². The number of hydrogen-bond acceptors (Lipinski definition) is 6. The molecule has 1 fully saturated rings. The summed E-state index contributed by atoms with van der Waals surface area (Å²) in [5.74, 6) is -0.561. The average Bonchev–Trinajstić information content (AvgIpc) is 3.05. The highest BCUT2D eigenvalue weighted by Gasteiger charge is 2.37. The lowest BCUT2D eigenvalue weighted by Gasteiger charge is -2.32. The summed E-state index contributed by atoms with van der Waals surface area (Å²) in [5.41, 5.74) is 5.21. The summed E-state index contributed by atoms with van der Waals surface area (Å²) in [6.45, 7) is 3.28. The van der Waals surface area contributed by atoms with Crippen LogP contribution < -0.4 is 20.4 Å². The summed E-state index contributed by atoms with van der Waals surface area (Å²) in [6.07, 6.45) is 2.11. The molecule has 1 aromatic heterocycles. The van der Waals surface area contributed by atoms with Crippen LogP contribution in [0.4, 0.5) is 28.6 Å². The van der Waals surface area contributed by atoms with Crippen LogP contribution in [0.25, 0.3) is 0 Å². The molecular weight excluding hydrogens is 430 g/mol. The SMILES string of the molecule is O=C1Nc2ccccc2CC1C(=O)N1Cc2cccnc2Nc2ccc(N3CCOCC3)cc21. The molecule has 2 N–H and O–H groups in total. The molecule has 1 saturated heterocycles. The number of para-hydroxylation sites is 1. The van der Waals surface area contributed by atoms with Crippen LogP contribution in [0.2, 0.25) is 0 Å². The van der Waals surface area contributed by atoms with Crippen molar-refractivity contribution in [2.24, 2.45) is 5.92 Å². The van der Waals surface area contributed by atoms with Crippen molar-refractivity contribution in [3.63, 3.8) is 0 Å². The zero-order valence-electron chi connectivity index (χ0n) is 18.7. The van der Waals surface area contributed by atoms with E-state index in [9.17, 15) is 9.59 Å². The summed E-state index contributed by atoms with van der Waals surface area (Å²) in [7, 11) is 0. The highest BCUT2D eigenvalue weighted by Crippen LogP contribution is 2.39. The first-order chi connectivity index (χ1) is 16.7. The molecule has 0 aliphatic carbocycles. The largest absolute Gasteiger partial charge is 0.378 e. The third kappa shape index (κ3) is 3.66. The number of fused-ring (bicyclic) bond motifs is 3. The van der Waals surface area contributed by atoms with Gasteiger partial charge in [-0.1, -0.05) is 24.3 Å². The molecule has 34 heavy (non-hydrogen) atoms. The van der Waals surface area contributed by atoms with Gasteiger partial charge in [-0.2, -0.15) is 0 Å². The summed E-state index contributed by atoms with van der Waals surface area (Å²) in [5, 5.41) is 6.31. The number of morpholine rings is 1. The Balaban J connectivity index is 1.40. The van der Waals surface area contributed by atoms with Crippen LogP contribution in [0, 0.1) is 5.92 Å². The predicted octanol–water partition coefficient (Wildman–Crippen LogP) is 3.32. The topological polar surface area (TPSA) is 86.8 Å². The van der Waals surface area contributed by atoms with Crippen LogP contribution in [0.1, 0.15) is 11.1 Å². The minimum atomic E-state index is -0.798. The van der Waals surface area contributed by atoms with Gasteiger partial charge in [-0.3, -0.25) is 9.59 Å². The molecule has 0 bridgehead atoms. The standard InChI is InChI=1S/C26H25N5O3/c32-25-20(14-17-4-1-2-6-21(17)29-25)26(33)31-16-18-5-3-9-27-24(18)28-22-8-7-19(15-23(22)31)30-10-12-34-13-11-30/h1-9,15,20H,10-14,16H2,(H,27,28)(H,29,32). The third-order valence-electron chi connectivity index (χ3n) is 6.70. The Morgan fingerprint density at radius 2 is 1.79 bits per heavy atom. The van der Waals surface area contributed by atoms with Crippen molar-refractivity contribution < 1.29 is 14.3 Å². The molecule has 2 amide bonds. The van der Waals surface area contributed by atoms with Gasteiger partial charge in [0.2, 0.25) is 11.8 Å². The van der Waals surface area contributed by atoms with Crippen molar-refractivity contribution in [3.8, 4) is 0 Å². The number of carbonyl (C=O) groups is 2. The van der Waals surface area contributed by atoms with Gasteiger partial charge in [-0.25, -0.2) is 4.98 Å². The monoisotopic (exact) mass is 455 g/mol. The maximum absolute atomic E-state index is 14.0. The van der Waals surface area contributed by atoms with Gasteiger partial charge in [0.1, 0.15) is 11.7 Å². The number of hydrogen-bond donors (Lipinski definition) is 2. The smallest absolute Gasteiger partial charge is 0.240 e. The summed E-state index contributed by atoms with van der Waals surface area (Å²) < 4.78 is 5.50. The molecule has 3 aromatic rings. The zero-order chi connectivity index (χ0) is 23.1. The van der Waals surface area contributed by atoms with Gasteiger partial charge >= 0.3 is 0 Å². The first kappa shape index (κ1) is 20.7. The Kier molecular flexibility index (Phi) is 5.15. The van der Waals surface area contributed by atoms with Crippen LogP contribution in [0.5, 0.6) is 0 Å². The molecule has 3 aliphatic heterocycles. The lowest BCUT2D eigenvalue weighted by Crippen LogP contribution is -2.44. The van der Waals surface area contributed by atoms with Crippen molar-refractivity contribution in [3.05, 3.63) is 71.9 Å². The fourth-order valence-corrected chi connectivity index (χ4v) is 4.87. The summed E-state index contributed by atoms with van der Waals surface area (Å²) >= 11 is 0. The maximum atomic E-state index is 14.0. The van der Waals surface area contributed by atoms with Crippen molar-refractivity contribution in [2.75, 3.05) is 46.7 Å². The summed E-state index contributed by atoms with van der Waals surface area (Å²) in [6, 6.07) is 17.5. The maximum Gasteiger partial charge on any atom is 0.240 e. The Labute approximate surface area is 197 Å². The van der Waals surface area contributed by atoms with E-state index in [1.165, 1.54) is 0 Å². The van der Waals surface area contributed by atoms with E-state index in [0.717, 1.165) is 52.8 Å². The van der Waals surface area contributed by atoms with Gasteiger partial charge in [-0.05, 0) is 42.3 Å². The van der Waals surface area contributed by atoms with Crippen molar-refractivity contribution in [2.45, 2.75) is 13.0 Å². The molecule has 1 unspecified atom stereocenters. The Bertz CT molecular complexity index is 1270. The number of benzene rings is 2. The van der Waals surface area contributed by atoms with Crippen LogP contribution in [-0.4, -0.2) is 43.1 Å². The second-order valence-electron chi connectivity index (χ2n) is 8.76. The number of nitrogens with zero attached hydrogens (tertiary/aromatic N) is 3. The van der Waals surface area contributed by atoms with E-state index in [2.05, 4.69) is 26.6 Å². The van der Waals surface area contributed by atoms with Crippen molar-refractivity contribution >= 4 is 40.4 Å². The zero-order valence-corrected chi connectivity index (χ0v) is 18.7. The fourth-order valence-electron chi connectivity index (χ4n) is 4.87. The lowest BCUT2D eigenvalue weighted by atomic mass is 9.91. The van der Waals surface area contributed by atoms with Gasteiger partial charge in [0, 0.05) is 36.2 Å². The third-order valence-corrected chi connectivity index (χ3v) is 6.70. The molecule has 4 heterocycles. The van der Waals surface area contributed by atoms with Crippen LogP contribution in [0.3, 0.4) is 0 Å². The normalized spacial score (nSPS) is 19.2. The van der Waals surface area contributed by atoms with Crippen LogP contribution in [0.15, 0.2) is 60.8 Å². The number of rotatable bonds is 2. The average molecular weight is 456 g/mol. The number of nitrogens with one attached hydrogen (secondary N) is 2. The number of aromatic nitrogens is 1. The molecule has 0 saturated carbocycles. The fraction of sp³-hybridized carbons (Fsp3) is 0.269. The highest BCUT2D eigenvalue weighted by atomic mass is 16.5. The van der Waals surface area contributed by atoms with E-state index in [1.54, 1.807) is 11.1 Å². The highest BCUT2D eigenvalue weighted by molar-refractivity contribution is 6.14. The van der Waals surface area contributed by atoms with Gasteiger partial charge in [0.15, 0.2) is 0 Å². The molecule has 0 spiro atoms. The lowest BCUT2D eigenvalue weighted by molar-refractivity contribution is -0.131. The number of ether oxygens (including phenoxy) is 1. The molecule has 1 atom stereocenters. The van der Waals surface area contributed by atoms with E-state index in [0.29, 0.717) is 26.2 Å². The predicted molar refractivity (Wildman–Crippen MR) is 130 cm³/mol. The minimum absolute atomic E-state index is 0.217. The second kappa shape index (κ2) is 8.46. The molecule has 8 heteroatoms. The quantitative estimate of drug-likeness (QED) is 0.577. The Hall–Kier alpha value is -3.91. The molecule has 3 aliphatic rings. The molecule has 0 radical (unpaired) electrons. The molecule has 6 rings (SSSR count). The van der Waals surface area contributed by atoms with Gasteiger partial charge in [-0.15, -0.1) is 0 Å². The molecule has 172 valence electrons. The number of anilines is 5. The van der Waals surface area contributed by atoms with Gasteiger partial charge in [0.05, 0.1) is 31.1 Å². The van der Waals surface area contributed by atoms with Gasteiger partial charge in [0.25, 0.3) is 0 Å². The van der Waals surface area contributed by atoms with Crippen LogP contribution in [-0.2, 0) is 27.3 Å². The second-order valence-corrected chi connectivity index (χ2v) is 8.76. The molecular formula is C26H25N5O3.